The van der Waals surface area contributed by atoms with Crippen LogP contribution in [0.5, 0.6) is 5.75 Å². The third kappa shape index (κ3) is 12.9. The summed E-state index contributed by atoms with van der Waals surface area (Å²) in [6, 6.07) is 8.70. The highest BCUT2D eigenvalue weighted by molar-refractivity contribution is 7.99. The predicted molar refractivity (Wildman–Crippen MR) is 236 cm³/mol. The first-order valence-electron chi connectivity index (χ1n) is 21.8. The van der Waals surface area contributed by atoms with Crippen molar-refractivity contribution in [1.82, 2.24) is 4.90 Å². The lowest BCUT2D eigenvalue weighted by molar-refractivity contribution is -0.394. The topological polar surface area (TPSA) is 149 Å². The van der Waals surface area contributed by atoms with Crippen LogP contribution in [0.2, 0.25) is 0 Å². The molecule has 4 aliphatic rings. The molecule has 6 rings (SSSR count). The molecule has 0 radical (unpaired) electrons. The molecule has 3 fully saturated rings. The van der Waals surface area contributed by atoms with Crippen molar-refractivity contribution in [2.45, 2.75) is 140 Å². The number of rotatable bonds is 26. The fourth-order valence-corrected chi connectivity index (χ4v) is 10.4. The van der Waals surface area contributed by atoms with Crippen LogP contribution in [0.4, 0.5) is 27.5 Å². The molecule has 3 unspecified atom stereocenters. The van der Waals surface area contributed by atoms with Gasteiger partial charge in [-0.3, -0.25) is 30.4 Å². The van der Waals surface area contributed by atoms with E-state index in [-0.39, 0.29) is 17.1 Å². The summed E-state index contributed by atoms with van der Waals surface area (Å²) in [6.45, 7) is 7.79. The summed E-state index contributed by atoms with van der Waals surface area (Å²) in [4.78, 5) is 38.0. The van der Waals surface area contributed by atoms with Gasteiger partial charge in [0.1, 0.15) is 11.9 Å². The third-order valence-corrected chi connectivity index (χ3v) is 13.5. The second-order valence-electron chi connectivity index (χ2n) is 16.2. The van der Waals surface area contributed by atoms with Gasteiger partial charge in [-0.2, -0.15) is 0 Å². The van der Waals surface area contributed by atoms with E-state index in [2.05, 4.69) is 35.1 Å². The van der Waals surface area contributed by atoms with E-state index in [4.69, 9.17) is 9.47 Å². The standard InChI is InChI=1S/C45H65N5O7S/c1-4-6-7-8-9-10-11-12-13-14-15-16-17-18-19-20-25-58-43-27-34-26-42(48(43)32-33(34)5-2)44(39-23-24-46-41-22-21-38(56-3)31-40(39)41)57-45(51)47-35-28-36(49(52)53)30-37(29-35)50(54)55/h5,21-23,28-31,33-34,42-44,46H,2,4,6-20,24-27,32H2,1,3H3,(H,47,51)/t33-,34?,42-,43?,44+/m0/s1. The second kappa shape index (κ2) is 23.5. The number of hydrogen-bond acceptors (Lipinski definition) is 10. The number of piperidine rings is 3. The van der Waals surface area contributed by atoms with Crippen LogP contribution in [-0.2, 0) is 4.74 Å². The molecule has 0 aliphatic carbocycles. The van der Waals surface area contributed by atoms with Crippen molar-refractivity contribution < 1.29 is 24.1 Å². The van der Waals surface area contributed by atoms with E-state index in [9.17, 15) is 25.0 Å². The van der Waals surface area contributed by atoms with E-state index in [1.165, 1.54) is 103 Å². The maximum atomic E-state index is 13.8. The van der Waals surface area contributed by atoms with Gasteiger partial charge >= 0.3 is 6.09 Å². The lowest BCUT2D eigenvalue weighted by Crippen LogP contribution is -2.61. The van der Waals surface area contributed by atoms with Crippen LogP contribution in [-0.4, -0.2) is 64.3 Å². The monoisotopic (exact) mass is 819 g/mol. The molecule has 4 heterocycles. The number of nitro benzene ring substituents is 2. The molecule has 4 aliphatic heterocycles. The highest BCUT2D eigenvalue weighted by Crippen LogP contribution is 2.48. The molecule has 0 spiro atoms. The lowest BCUT2D eigenvalue weighted by Gasteiger charge is -2.55. The van der Waals surface area contributed by atoms with E-state index in [1.54, 1.807) is 7.11 Å². The summed E-state index contributed by atoms with van der Waals surface area (Å²) in [6.07, 6.45) is 26.0. The Kier molecular flexibility index (Phi) is 18.2. The van der Waals surface area contributed by atoms with Gasteiger partial charge in [-0.25, -0.2) is 4.79 Å². The van der Waals surface area contributed by atoms with Gasteiger partial charge in [0.15, 0.2) is 0 Å². The number of unbranched alkanes of at least 4 members (excludes halogenated alkanes) is 15. The highest BCUT2D eigenvalue weighted by Gasteiger charge is 2.49. The van der Waals surface area contributed by atoms with Gasteiger partial charge in [0.05, 0.1) is 40.1 Å². The number of anilines is 2. The van der Waals surface area contributed by atoms with Crippen LogP contribution in [0.3, 0.4) is 0 Å². The van der Waals surface area contributed by atoms with Gasteiger partial charge in [-0.1, -0.05) is 115 Å². The molecule has 2 aromatic carbocycles. The average molecular weight is 820 g/mol. The van der Waals surface area contributed by atoms with E-state index < -0.39 is 33.4 Å². The fourth-order valence-electron chi connectivity index (χ4n) is 8.93. The van der Waals surface area contributed by atoms with E-state index in [0.29, 0.717) is 24.1 Å². The summed E-state index contributed by atoms with van der Waals surface area (Å²) in [5, 5.41) is 29.4. The maximum Gasteiger partial charge on any atom is 0.412 e. The summed E-state index contributed by atoms with van der Waals surface area (Å²) < 4.78 is 12.0. The molecule has 58 heavy (non-hydrogen) atoms. The fraction of sp³-hybridized carbons (Fsp3) is 0.622. The molecule has 6 atom stereocenters. The number of carbonyl (C=O) groups is 1. The Balaban J connectivity index is 1.19. The molecule has 13 heteroatoms. The van der Waals surface area contributed by atoms with Crippen molar-refractivity contribution >= 4 is 46.2 Å². The van der Waals surface area contributed by atoms with Crippen molar-refractivity contribution in [1.29, 1.82) is 0 Å². The van der Waals surface area contributed by atoms with Gasteiger partial charge in [0.2, 0.25) is 0 Å². The van der Waals surface area contributed by atoms with Crippen molar-refractivity contribution in [3.05, 3.63) is 80.9 Å². The number of nitro groups is 2. The quantitative estimate of drug-likeness (QED) is 0.0406. The van der Waals surface area contributed by atoms with Crippen molar-refractivity contribution in [2.75, 3.05) is 36.6 Å². The summed E-state index contributed by atoms with van der Waals surface area (Å²) in [5.74, 6) is 2.45. The minimum atomic E-state index is -0.844. The van der Waals surface area contributed by atoms with Crippen LogP contribution in [0.1, 0.15) is 128 Å². The highest BCUT2D eigenvalue weighted by atomic mass is 32.2. The molecule has 0 aromatic heterocycles. The summed E-state index contributed by atoms with van der Waals surface area (Å²) >= 11 is 2.01. The zero-order valence-electron chi connectivity index (χ0n) is 34.7. The van der Waals surface area contributed by atoms with Crippen LogP contribution in [0, 0.1) is 32.1 Å². The molecule has 2 N–H and O–H groups in total. The van der Waals surface area contributed by atoms with Crippen molar-refractivity contribution in [3.63, 3.8) is 0 Å². The normalized spacial score (nSPS) is 21.3. The largest absolute Gasteiger partial charge is 0.497 e. The average Bonchev–Trinajstić information content (AvgIpc) is 3.23. The number of thioether (sulfide) groups is 1. The lowest BCUT2D eigenvalue weighted by atomic mass is 9.72. The van der Waals surface area contributed by atoms with Gasteiger partial charge in [-0.05, 0) is 55.1 Å². The Hall–Kier alpha value is -4.10. The molecule has 2 aromatic rings. The Morgan fingerprint density at radius 2 is 1.52 bits per heavy atom. The van der Waals surface area contributed by atoms with Crippen LogP contribution in [0.15, 0.2) is 55.1 Å². The minimum Gasteiger partial charge on any atom is -0.497 e. The molecule has 1 amide bonds. The SMILES string of the molecule is C=C[C@H]1CN2C(SCCCCCCCCCCCCCCCCCC)CC1C[C@H]2[C@H](OC(=O)Nc1cc([N+](=O)[O-])cc([N+](=O)[O-])c1)C1=CCNc2ccc(OC)cc21. The van der Waals surface area contributed by atoms with E-state index >= 15 is 0 Å². The first-order valence-corrected chi connectivity index (χ1v) is 22.8. The van der Waals surface area contributed by atoms with Gasteiger partial charge < -0.3 is 14.8 Å². The molecule has 3 saturated heterocycles. The summed E-state index contributed by atoms with van der Waals surface area (Å²) in [7, 11) is 1.61. The summed E-state index contributed by atoms with van der Waals surface area (Å²) in [5.41, 5.74) is 1.53. The number of carbonyl (C=O) groups excluding carboxylic acids is 1. The minimum absolute atomic E-state index is 0.0876. The number of hydrogen-bond donors (Lipinski definition) is 2. The van der Waals surface area contributed by atoms with Crippen LogP contribution < -0.4 is 15.4 Å². The number of benzene rings is 2. The Labute approximate surface area is 349 Å². The Morgan fingerprint density at radius 3 is 2.07 bits per heavy atom. The number of nitrogens with zero attached hydrogens (tertiary/aromatic N) is 3. The second-order valence-corrected chi connectivity index (χ2v) is 17.5. The first-order chi connectivity index (χ1) is 28.2. The molecule has 0 saturated carbocycles. The van der Waals surface area contributed by atoms with Crippen LogP contribution in [0.25, 0.3) is 5.57 Å². The zero-order chi connectivity index (χ0) is 41.3. The van der Waals surface area contributed by atoms with Gasteiger partial charge in [0.25, 0.3) is 11.4 Å². The molecule has 2 bridgehead atoms. The number of amides is 1. The zero-order valence-corrected chi connectivity index (χ0v) is 35.5. The molecule has 318 valence electrons. The molecule has 12 nitrogen and oxygen atoms in total. The Bertz CT molecular complexity index is 1670. The Morgan fingerprint density at radius 1 is 0.914 bits per heavy atom. The van der Waals surface area contributed by atoms with E-state index in [1.807, 2.05) is 36.0 Å². The van der Waals surface area contributed by atoms with Gasteiger partial charge in [0, 0.05) is 42.0 Å². The van der Waals surface area contributed by atoms with Crippen molar-refractivity contribution in [3.8, 4) is 5.75 Å². The maximum absolute atomic E-state index is 13.8. The van der Waals surface area contributed by atoms with Gasteiger partial charge in [-0.15, -0.1) is 18.3 Å². The van der Waals surface area contributed by atoms with Crippen LogP contribution >= 0.6 is 11.8 Å². The number of ether oxygens (including phenoxy) is 2. The third-order valence-electron chi connectivity index (χ3n) is 12.1. The smallest absolute Gasteiger partial charge is 0.412 e. The number of nitrogens with one attached hydrogen (secondary N) is 2. The number of methoxy groups -OCH3 is 1. The molecular formula is C45H65N5O7S. The van der Waals surface area contributed by atoms with Crippen molar-refractivity contribution in [2.24, 2.45) is 11.8 Å². The first kappa shape index (κ1) is 45.0. The number of fused-ring (bicyclic) bond motifs is 4. The van der Waals surface area contributed by atoms with E-state index in [0.717, 1.165) is 60.2 Å². The predicted octanol–water partition coefficient (Wildman–Crippen LogP) is 12.2. The molecular weight excluding hydrogens is 755 g/mol. The number of non-ortho nitro benzene ring substituents is 2.